The highest BCUT2D eigenvalue weighted by Crippen LogP contribution is 2.53. The lowest BCUT2D eigenvalue weighted by Crippen LogP contribution is -2.31. The molecule has 1 unspecified atom stereocenters. The maximum Gasteiger partial charge on any atom is 0.178 e. The zero-order valence-electron chi connectivity index (χ0n) is 23.7. The van der Waals surface area contributed by atoms with E-state index in [1.54, 1.807) is 0 Å². The van der Waals surface area contributed by atoms with Crippen LogP contribution in [0.2, 0.25) is 0 Å². The number of ether oxygens (including phenoxy) is 1. The number of hydrogen-bond donors (Lipinski definition) is 0. The lowest BCUT2D eigenvalue weighted by Gasteiger charge is -2.30. The van der Waals surface area contributed by atoms with Gasteiger partial charge in [0.05, 0.1) is 21.6 Å². The summed E-state index contributed by atoms with van der Waals surface area (Å²) in [5.41, 5.74) is 5.52. The molecule has 1 atom stereocenters. The van der Waals surface area contributed by atoms with Gasteiger partial charge in [0.25, 0.3) is 0 Å². The third kappa shape index (κ3) is 3.60. The van der Waals surface area contributed by atoms with Gasteiger partial charge in [0, 0.05) is 21.8 Å². The maximum absolute atomic E-state index is 15.7. The van der Waals surface area contributed by atoms with E-state index in [4.69, 9.17) is 4.74 Å². The first-order valence-corrected chi connectivity index (χ1v) is 16.5. The Balaban J connectivity index is 1.28. The van der Waals surface area contributed by atoms with Gasteiger partial charge in [-0.3, -0.25) is 0 Å². The summed E-state index contributed by atoms with van der Waals surface area (Å²) >= 11 is 0. The summed E-state index contributed by atoms with van der Waals surface area (Å²) in [5, 5.41) is 6.76. The molecular formula is C40H26NO2P. The minimum absolute atomic E-state index is 0.644. The van der Waals surface area contributed by atoms with Crippen LogP contribution >= 0.6 is 7.14 Å². The van der Waals surface area contributed by atoms with Gasteiger partial charge < -0.3 is 13.9 Å². The molecule has 0 fully saturated rings. The van der Waals surface area contributed by atoms with Crippen molar-refractivity contribution in [2.75, 3.05) is 0 Å². The molecule has 9 rings (SSSR count). The highest BCUT2D eigenvalue weighted by molar-refractivity contribution is 7.86. The van der Waals surface area contributed by atoms with E-state index in [0.717, 1.165) is 49.0 Å². The SMILES string of the molecule is O=P1(c2cccc3ccccc23)c2ccccc2Oc2ccc(-c3ccc4c(c3)c3ccccc3n4-c3ccccc3)cc21. The van der Waals surface area contributed by atoms with E-state index in [1.165, 1.54) is 16.3 Å². The van der Waals surface area contributed by atoms with Crippen molar-refractivity contribution in [3.8, 4) is 28.3 Å². The van der Waals surface area contributed by atoms with E-state index in [-0.39, 0.29) is 0 Å². The van der Waals surface area contributed by atoms with Gasteiger partial charge >= 0.3 is 0 Å². The molecule has 1 aliphatic heterocycles. The molecular weight excluding hydrogens is 557 g/mol. The summed E-state index contributed by atoms with van der Waals surface area (Å²) < 4.78 is 24.5. The van der Waals surface area contributed by atoms with Gasteiger partial charge in [-0.1, -0.05) is 103 Å². The number of para-hydroxylation sites is 3. The predicted octanol–water partition coefficient (Wildman–Crippen LogP) is 9.35. The number of fused-ring (bicyclic) bond motifs is 6. The van der Waals surface area contributed by atoms with Crippen molar-refractivity contribution >= 4 is 55.6 Å². The fraction of sp³-hybridized carbons (Fsp3) is 0. The van der Waals surface area contributed by atoms with Gasteiger partial charge in [-0.25, -0.2) is 0 Å². The zero-order valence-corrected chi connectivity index (χ0v) is 24.6. The van der Waals surface area contributed by atoms with E-state index in [9.17, 15) is 0 Å². The summed E-state index contributed by atoms with van der Waals surface area (Å²) in [7, 11) is -3.29. The smallest absolute Gasteiger partial charge is 0.178 e. The monoisotopic (exact) mass is 583 g/mol. The predicted molar refractivity (Wildman–Crippen MR) is 183 cm³/mol. The van der Waals surface area contributed by atoms with Gasteiger partial charge in [-0.15, -0.1) is 0 Å². The van der Waals surface area contributed by atoms with Crippen molar-refractivity contribution in [2.24, 2.45) is 0 Å². The Morgan fingerprint density at radius 2 is 1.09 bits per heavy atom. The van der Waals surface area contributed by atoms with Crippen LogP contribution in [0.4, 0.5) is 0 Å². The van der Waals surface area contributed by atoms with Gasteiger partial charge in [0.1, 0.15) is 11.5 Å². The highest BCUT2D eigenvalue weighted by Gasteiger charge is 2.40. The number of hydrogen-bond acceptors (Lipinski definition) is 2. The molecule has 0 saturated carbocycles. The average Bonchev–Trinajstić information content (AvgIpc) is 3.42. The molecule has 0 spiro atoms. The molecule has 1 aromatic heterocycles. The molecule has 7 aromatic carbocycles. The Labute approximate surface area is 255 Å². The van der Waals surface area contributed by atoms with Crippen LogP contribution in [0, 0.1) is 0 Å². The lowest BCUT2D eigenvalue weighted by atomic mass is 10.0. The van der Waals surface area contributed by atoms with E-state index in [0.29, 0.717) is 11.5 Å². The molecule has 0 saturated heterocycles. The Morgan fingerprint density at radius 3 is 2.00 bits per heavy atom. The number of aromatic nitrogens is 1. The summed E-state index contributed by atoms with van der Waals surface area (Å²) in [6.07, 6.45) is 0. The van der Waals surface area contributed by atoms with Crippen LogP contribution in [0.1, 0.15) is 0 Å². The van der Waals surface area contributed by atoms with Crippen molar-refractivity contribution in [3.05, 3.63) is 158 Å². The Morgan fingerprint density at radius 1 is 0.455 bits per heavy atom. The van der Waals surface area contributed by atoms with Crippen LogP contribution in [0.25, 0.3) is 49.4 Å². The minimum atomic E-state index is -3.29. The molecule has 3 nitrogen and oxygen atoms in total. The Bertz CT molecular complexity index is 2450. The fourth-order valence-corrected chi connectivity index (χ4v) is 9.93. The number of benzene rings is 7. The van der Waals surface area contributed by atoms with Crippen molar-refractivity contribution in [3.63, 3.8) is 0 Å². The zero-order chi connectivity index (χ0) is 29.3. The molecule has 44 heavy (non-hydrogen) atoms. The van der Waals surface area contributed by atoms with Gasteiger partial charge in [0.2, 0.25) is 0 Å². The normalized spacial score (nSPS) is 15.6. The van der Waals surface area contributed by atoms with Gasteiger partial charge in [0.15, 0.2) is 7.14 Å². The third-order valence-electron chi connectivity index (χ3n) is 8.85. The minimum Gasteiger partial charge on any atom is -0.456 e. The van der Waals surface area contributed by atoms with Crippen LogP contribution in [0.5, 0.6) is 11.5 Å². The van der Waals surface area contributed by atoms with Crippen LogP contribution in [0.15, 0.2) is 158 Å². The van der Waals surface area contributed by atoms with Gasteiger partial charge in [-0.2, -0.15) is 0 Å². The summed E-state index contributed by atoms with van der Waals surface area (Å²) in [6, 6.07) is 53.9. The Hall–Kier alpha value is -5.37. The first kappa shape index (κ1) is 25.2. The number of nitrogens with zero attached hydrogens (tertiary/aromatic N) is 1. The average molecular weight is 584 g/mol. The second-order valence-electron chi connectivity index (χ2n) is 11.3. The molecule has 8 aromatic rings. The summed E-state index contributed by atoms with van der Waals surface area (Å²) in [6.45, 7) is 0. The van der Waals surface area contributed by atoms with E-state index >= 15 is 4.57 Å². The second kappa shape index (κ2) is 9.57. The van der Waals surface area contributed by atoms with E-state index in [2.05, 4.69) is 102 Å². The lowest BCUT2D eigenvalue weighted by molar-refractivity contribution is 0.485. The quantitative estimate of drug-likeness (QED) is 0.194. The Kier molecular flexibility index (Phi) is 5.47. The standard InChI is InChI=1S/C40H26NO2P/c42-44(38-20-10-12-27-11-4-5-15-31(27)38)39-19-9-8-18-36(39)43-37-24-22-29(26-40(37)44)28-21-23-35-33(25-28)32-16-6-7-17-34(32)41(35)30-13-2-1-3-14-30/h1-26H. The summed E-state index contributed by atoms with van der Waals surface area (Å²) in [5.74, 6) is 1.30. The van der Waals surface area contributed by atoms with Crippen molar-refractivity contribution in [1.82, 2.24) is 4.57 Å². The highest BCUT2D eigenvalue weighted by atomic mass is 31.2. The van der Waals surface area contributed by atoms with Crippen molar-refractivity contribution in [1.29, 1.82) is 0 Å². The van der Waals surface area contributed by atoms with Crippen molar-refractivity contribution in [2.45, 2.75) is 0 Å². The topological polar surface area (TPSA) is 31.2 Å². The summed E-state index contributed by atoms with van der Waals surface area (Å²) in [4.78, 5) is 0. The molecule has 208 valence electrons. The first-order chi connectivity index (χ1) is 21.7. The molecule has 0 radical (unpaired) electrons. The van der Waals surface area contributed by atoms with Crippen LogP contribution in [0.3, 0.4) is 0 Å². The molecule has 0 aliphatic carbocycles. The van der Waals surface area contributed by atoms with E-state index < -0.39 is 7.14 Å². The van der Waals surface area contributed by atoms with Crippen LogP contribution < -0.4 is 20.7 Å². The molecule has 1 aliphatic rings. The van der Waals surface area contributed by atoms with Gasteiger partial charge in [-0.05, 0) is 76.5 Å². The largest absolute Gasteiger partial charge is 0.456 e. The molecule has 0 amide bonds. The van der Waals surface area contributed by atoms with Crippen LogP contribution in [-0.2, 0) is 4.57 Å². The number of rotatable bonds is 3. The molecule has 2 heterocycles. The third-order valence-corrected chi connectivity index (χ3v) is 12.0. The van der Waals surface area contributed by atoms with Crippen LogP contribution in [-0.4, -0.2) is 4.57 Å². The van der Waals surface area contributed by atoms with E-state index in [1.807, 2.05) is 60.7 Å². The first-order valence-electron chi connectivity index (χ1n) is 14.8. The molecule has 4 heteroatoms. The molecule has 0 N–H and O–H groups in total. The maximum atomic E-state index is 15.7. The second-order valence-corrected chi connectivity index (χ2v) is 13.9. The fourth-order valence-electron chi connectivity index (χ4n) is 6.83. The molecule has 0 bridgehead atoms. The van der Waals surface area contributed by atoms with Crippen molar-refractivity contribution < 1.29 is 9.30 Å².